The molecule has 0 unspecified atom stereocenters. The number of fused-ring (bicyclic) bond motifs is 1. The molecule has 0 saturated carbocycles. The highest BCUT2D eigenvalue weighted by atomic mass is 35.5. The van der Waals surface area contributed by atoms with E-state index in [1.54, 1.807) is 30.8 Å². The maximum atomic E-state index is 12.6. The van der Waals surface area contributed by atoms with Crippen LogP contribution < -0.4 is 16.0 Å². The SMILES string of the molecule is Cn1c(=O)c2c(nc(Oc3ccc(Cl)cc3Cc3ccccc3)n2C)n(C)c1=O. The summed E-state index contributed by atoms with van der Waals surface area (Å²) in [5.41, 5.74) is 1.70. The second kappa shape index (κ2) is 7.25. The highest BCUT2D eigenvalue weighted by Crippen LogP contribution is 2.30. The van der Waals surface area contributed by atoms with Gasteiger partial charge in [0.2, 0.25) is 0 Å². The number of ether oxygens (including phenoxy) is 1. The van der Waals surface area contributed by atoms with Crippen LogP contribution in [0.4, 0.5) is 0 Å². The van der Waals surface area contributed by atoms with Crippen LogP contribution >= 0.6 is 11.6 Å². The third-order valence-electron chi connectivity index (χ3n) is 4.90. The van der Waals surface area contributed by atoms with Crippen molar-refractivity contribution in [3.05, 3.63) is 85.5 Å². The fraction of sp³-hybridized carbons (Fsp3) is 0.190. The first kappa shape index (κ1) is 19.0. The maximum Gasteiger partial charge on any atom is 0.332 e. The number of imidazole rings is 1. The summed E-state index contributed by atoms with van der Waals surface area (Å²) < 4.78 is 10.0. The van der Waals surface area contributed by atoms with Gasteiger partial charge in [0.1, 0.15) is 5.75 Å². The van der Waals surface area contributed by atoms with Crippen molar-refractivity contribution in [1.29, 1.82) is 0 Å². The molecule has 0 radical (unpaired) electrons. The Labute approximate surface area is 171 Å². The molecule has 0 amide bonds. The number of benzene rings is 2. The lowest BCUT2D eigenvalue weighted by Crippen LogP contribution is -2.37. The van der Waals surface area contributed by atoms with Crippen LogP contribution in [0, 0.1) is 0 Å². The Balaban J connectivity index is 1.81. The molecule has 4 rings (SSSR count). The number of halogens is 1. The Hall–Kier alpha value is -3.32. The van der Waals surface area contributed by atoms with Gasteiger partial charge in [-0.1, -0.05) is 41.9 Å². The van der Waals surface area contributed by atoms with E-state index in [9.17, 15) is 9.59 Å². The number of aryl methyl sites for hydroxylation is 2. The lowest BCUT2D eigenvalue weighted by atomic mass is 10.0. The number of hydrogen-bond acceptors (Lipinski definition) is 4. The lowest BCUT2D eigenvalue weighted by molar-refractivity contribution is 0.423. The zero-order chi connectivity index (χ0) is 20.7. The summed E-state index contributed by atoms with van der Waals surface area (Å²) in [5.74, 6) is 0.582. The van der Waals surface area contributed by atoms with Crippen molar-refractivity contribution in [2.75, 3.05) is 0 Å². The number of nitrogens with zero attached hydrogens (tertiary/aromatic N) is 4. The van der Waals surface area contributed by atoms with Crippen LogP contribution in [0.2, 0.25) is 5.02 Å². The molecule has 0 spiro atoms. The predicted octanol–water partition coefficient (Wildman–Crippen LogP) is 3.01. The molecule has 0 N–H and O–H groups in total. The normalized spacial score (nSPS) is 11.2. The van der Waals surface area contributed by atoms with Crippen LogP contribution in [-0.4, -0.2) is 18.7 Å². The van der Waals surface area contributed by atoms with Gasteiger partial charge in [0, 0.05) is 38.1 Å². The van der Waals surface area contributed by atoms with Gasteiger partial charge < -0.3 is 4.74 Å². The molecule has 4 aromatic rings. The third-order valence-corrected chi connectivity index (χ3v) is 5.13. The van der Waals surface area contributed by atoms with Crippen LogP contribution in [0.15, 0.2) is 58.1 Å². The van der Waals surface area contributed by atoms with Gasteiger partial charge in [0.25, 0.3) is 5.56 Å². The molecule has 0 fully saturated rings. The number of aromatic nitrogens is 4. The van der Waals surface area contributed by atoms with E-state index in [2.05, 4.69) is 4.98 Å². The molecule has 0 saturated heterocycles. The Morgan fingerprint density at radius 2 is 1.69 bits per heavy atom. The summed E-state index contributed by atoms with van der Waals surface area (Å²) in [5, 5.41) is 0.601. The minimum absolute atomic E-state index is 0.218. The monoisotopic (exact) mass is 410 g/mol. The summed E-state index contributed by atoms with van der Waals surface area (Å²) in [6, 6.07) is 15.5. The molecule has 0 aliphatic carbocycles. The molecular formula is C21H19ClN4O3. The molecule has 0 aliphatic rings. The molecule has 0 bridgehead atoms. The van der Waals surface area contributed by atoms with E-state index < -0.39 is 11.2 Å². The van der Waals surface area contributed by atoms with Crippen molar-refractivity contribution >= 4 is 22.8 Å². The predicted molar refractivity (Wildman–Crippen MR) is 112 cm³/mol. The van der Waals surface area contributed by atoms with Gasteiger partial charge in [-0.2, -0.15) is 4.98 Å². The summed E-state index contributed by atoms with van der Waals surface area (Å²) in [7, 11) is 4.70. The first-order chi connectivity index (χ1) is 13.9. The van der Waals surface area contributed by atoms with Crippen molar-refractivity contribution in [3.63, 3.8) is 0 Å². The second-order valence-electron chi connectivity index (χ2n) is 6.85. The Morgan fingerprint density at radius 3 is 2.41 bits per heavy atom. The molecule has 2 heterocycles. The number of rotatable bonds is 4. The van der Waals surface area contributed by atoms with E-state index in [0.29, 0.717) is 22.7 Å². The minimum atomic E-state index is -0.441. The zero-order valence-electron chi connectivity index (χ0n) is 16.2. The Bertz CT molecular complexity index is 1340. The van der Waals surface area contributed by atoms with Crippen LogP contribution in [0.3, 0.4) is 0 Å². The van der Waals surface area contributed by atoms with E-state index in [0.717, 1.165) is 15.7 Å². The van der Waals surface area contributed by atoms with E-state index in [1.807, 2.05) is 36.4 Å². The van der Waals surface area contributed by atoms with Gasteiger partial charge in [0.05, 0.1) is 0 Å². The lowest BCUT2D eigenvalue weighted by Gasteiger charge is -2.11. The van der Waals surface area contributed by atoms with Crippen LogP contribution in [0.25, 0.3) is 11.2 Å². The molecule has 0 atom stereocenters. The van der Waals surface area contributed by atoms with Gasteiger partial charge in [-0.3, -0.25) is 18.5 Å². The molecule has 7 nitrogen and oxygen atoms in total. The average molecular weight is 411 g/mol. The van der Waals surface area contributed by atoms with Crippen LogP contribution in [0.1, 0.15) is 11.1 Å². The van der Waals surface area contributed by atoms with Crippen LogP contribution in [0.5, 0.6) is 11.8 Å². The Kier molecular flexibility index (Phi) is 4.76. The largest absolute Gasteiger partial charge is 0.425 e. The van der Waals surface area contributed by atoms with Crippen molar-refractivity contribution in [3.8, 4) is 11.8 Å². The quantitative estimate of drug-likeness (QED) is 0.518. The zero-order valence-corrected chi connectivity index (χ0v) is 17.0. The molecule has 2 aromatic carbocycles. The summed E-state index contributed by atoms with van der Waals surface area (Å²) >= 11 is 6.20. The highest BCUT2D eigenvalue weighted by Gasteiger charge is 2.19. The standard InChI is InChI=1S/C21H19ClN4O3/c1-24-17-18(25(2)21(28)26(3)19(17)27)23-20(24)29-16-10-9-15(22)12-14(16)11-13-7-5-4-6-8-13/h4-10,12H,11H2,1-3H3. The smallest absolute Gasteiger partial charge is 0.332 e. The van der Waals surface area contributed by atoms with Gasteiger partial charge in [-0.15, -0.1) is 0 Å². The fourth-order valence-electron chi connectivity index (χ4n) is 3.29. The average Bonchev–Trinajstić information content (AvgIpc) is 3.04. The second-order valence-corrected chi connectivity index (χ2v) is 7.28. The summed E-state index contributed by atoms with van der Waals surface area (Å²) in [6.45, 7) is 0. The van der Waals surface area contributed by atoms with E-state index in [4.69, 9.17) is 16.3 Å². The van der Waals surface area contributed by atoms with Crippen LogP contribution in [-0.2, 0) is 27.6 Å². The fourth-order valence-corrected chi connectivity index (χ4v) is 3.48. The third kappa shape index (κ3) is 3.34. The van der Waals surface area contributed by atoms with Gasteiger partial charge in [0.15, 0.2) is 11.2 Å². The molecule has 0 aliphatic heterocycles. The minimum Gasteiger partial charge on any atom is -0.425 e. The number of hydrogen-bond donors (Lipinski definition) is 0. The first-order valence-electron chi connectivity index (χ1n) is 8.99. The van der Waals surface area contributed by atoms with E-state index in [-0.39, 0.29) is 11.7 Å². The molecule has 29 heavy (non-hydrogen) atoms. The van der Waals surface area contributed by atoms with Crippen molar-refractivity contribution in [1.82, 2.24) is 18.7 Å². The van der Waals surface area contributed by atoms with Gasteiger partial charge >= 0.3 is 11.7 Å². The molecule has 8 heteroatoms. The van der Waals surface area contributed by atoms with E-state index in [1.165, 1.54) is 11.6 Å². The van der Waals surface area contributed by atoms with E-state index >= 15 is 0 Å². The maximum absolute atomic E-state index is 12.6. The van der Waals surface area contributed by atoms with Gasteiger partial charge in [-0.05, 0) is 23.8 Å². The summed E-state index contributed by atoms with van der Waals surface area (Å²) in [4.78, 5) is 29.2. The molecule has 2 aromatic heterocycles. The van der Waals surface area contributed by atoms with Crippen molar-refractivity contribution in [2.45, 2.75) is 6.42 Å². The molecule has 148 valence electrons. The Morgan fingerprint density at radius 1 is 0.966 bits per heavy atom. The highest BCUT2D eigenvalue weighted by molar-refractivity contribution is 6.30. The topological polar surface area (TPSA) is 71.1 Å². The molecular weight excluding hydrogens is 392 g/mol. The van der Waals surface area contributed by atoms with Crippen molar-refractivity contribution < 1.29 is 4.74 Å². The summed E-state index contributed by atoms with van der Waals surface area (Å²) in [6.07, 6.45) is 0.626. The van der Waals surface area contributed by atoms with Crippen molar-refractivity contribution in [2.24, 2.45) is 21.1 Å². The first-order valence-corrected chi connectivity index (χ1v) is 9.37. The van der Waals surface area contributed by atoms with Gasteiger partial charge in [-0.25, -0.2) is 4.79 Å².